The van der Waals surface area contributed by atoms with Crippen molar-refractivity contribution in [3.63, 3.8) is 0 Å². The topological polar surface area (TPSA) is 26.0 Å². The molecule has 0 atom stereocenters. The third-order valence-electron chi connectivity index (χ3n) is 0. The van der Waals surface area contributed by atoms with Crippen LogP contribution in [0.1, 0.15) is 6.92 Å². The molecular formula is C5H16NP. The van der Waals surface area contributed by atoms with Gasteiger partial charge in [-0.1, -0.05) is 6.92 Å². The van der Waals surface area contributed by atoms with E-state index in [9.17, 15) is 0 Å². The van der Waals surface area contributed by atoms with Gasteiger partial charge in [-0.3, -0.25) is 0 Å². The Balaban J connectivity index is 0. The molecule has 0 saturated carbocycles. The van der Waals surface area contributed by atoms with Crippen LogP contribution in [0.5, 0.6) is 0 Å². The van der Waals surface area contributed by atoms with Crippen LogP contribution >= 0.6 is 7.92 Å². The minimum absolute atomic E-state index is 0.380. The van der Waals surface area contributed by atoms with Crippen LogP contribution in [0.4, 0.5) is 0 Å². The third-order valence-corrected chi connectivity index (χ3v) is 0. The highest BCUT2D eigenvalue weighted by molar-refractivity contribution is 7.55. The van der Waals surface area contributed by atoms with Crippen molar-refractivity contribution in [3.8, 4) is 0 Å². The van der Waals surface area contributed by atoms with Gasteiger partial charge in [0.25, 0.3) is 0 Å². The predicted molar refractivity (Wildman–Crippen MR) is 39.4 cm³/mol. The number of hydrogen-bond acceptors (Lipinski definition) is 1. The molecule has 1 nitrogen and oxygen atoms in total. The number of nitrogens with two attached hydrogens (primary N) is 1. The summed E-state index contributed by atoms with van der Waals surface area (Å²) in [6.45, 7) is 9.35. The average Bonchev–Trinajstić information content (AvgIpc) is 1.33. The molecule has 0 saturated heterocycles. The van der Waals surface area contributed by atoms with Crippen molar-refractivity contribution in [2.24, 2.45) is 5.73 Å². The van der Waals surface area contributed by atoms with Crippen molar-refractivity contribution in [3.05, 3.63) is 0 Å². The Kier molecular flexibility index (Phi) is 14.3. The van der Waals surface area contributed by atoms with Gasteiger partial charge in [0.2, 0.25) is 0 Å². The number of rotatable bonds is 0. The Morgan fingerprint density at radius 1 is 1.29 bits per heavy atom. The summed E-state index contributed by atoms with van der Waals surface area (Å²) in [4.78, 5) is 0. The molecule has 0 aliphatic rings. The Bertz CT molecular complexity index is 19.3. The van der Waals surface area contributed by atoms with Crippen molar-refractivity contribution in [1.82, 2.24) is 0 Å². The first-order chi connectivity index (χ1) is 3.15. The Hall–Kier alpha value is 0.390. The second-order valence-electron chi connectivity index (χ2n) is 1.75. The lowest BCUT2D eigenvalue weighted by Crippen LogP contribution is -1.87. The van der Waals surface area contributed by atoms with Crippen LogP contribution in [-0.2, 0) is 0 Å². The molecule has 0 aromatic carbocycles. The molecule has 2 N–H and O–H groups in total. The van der Waals surface area contributed by atoms with E-state index in [1.165, 1.54) is 0 Å². The fraction of sp³-hybridized carbons (Fsp3) is 1.00. The van der Waals surface area contributed by atoms with Gasteiger partial charge in [-0.05, 0) is 26.5 Å². The molecule has 0 aromatic rings. The summed E-state index contributed by atoms with van der Waals surface area (Å²) >= 11 is 0. The normalized spacial score (nSPS) is 7.71. The fourth-order valence-electron chi connectivity index (χ4n) is 0. The van der Waals surface area contributed by atoms with E-state index in [1.54, 1.807) is 0 Å². The summed E-state index contributed by atoms with van der Waals surface area (Å²) in [6, 6.07) is 0. The summed E-state index contributed by atoms with van der Waals surface area (Å²) < 4.78 is 0. The maximum absolute atomic E-state index is 4.85. The zero-order valence-electron chi connectivity index (χ0n) is 5.73. The lowest BCUT2D eigenvalue weighted by molar-refractivity contribution is 1.14. The van der Waals surface area contributed by atoms with Crippen LogP contribution in [0.3, 0.4) is 0 Å². The van der Waals surface area contributed by atoms with Crippen LogP contribution in [-0.4, -0.2) is 26.5 Å². The number of hydrogen-bond donors (Lipinski definition) is 1. The molecule has 0 aliphatic carbocycles. The first-order valence-corrected chi connectivity index (χ1v) is 5.14. The lowest BCUT2D eigenvalue weighted by Gasteiger charge is -1.81. The first kappa shape index (κ1) is 10.4. The molecule has 0 radical (unpaired) electrons. The van der Waals surface area contributed by atoms with Gasteiger partial charge in [0.1, 0.15) is 0 Å². The van der Waals surface area contributed by atoms with Crippen molar-refractivity contribution in [1.29, 1.82) is 0 Å². The first-order valence-electron chi connectivity index (χ1n) is 2.46. The van der Waals surface area contributed by atoms with Crippen LogP contribution in [0, 0.1) is 0 Å². The SMILES string of the molecule is CCN.CP(C)C. The highest BCUT2D eigenvalue weighted by Crippen LogP contribution is 2.14. The standard InChI is InChI=1S/C3H9P.C2H7N/c1-4(2)3;1-2-3/h1-3H3;2-3H2,1H3. The summed E-state index contributed by atoms with van der Waals surface area (Å²) in [5.41, 5.74) is 4.85. The summed E-state index contributed by atoms with van der Waals surface area (Å²) in [5, 5.41) is 0. The van der Waals surface area contributed by atoms with Crippen molar-refractivity contribution < 1.29 is 0 Å². The second kappa shape index (κ2) is 9.63. The summed E-state index contributed by atoms with van der Waals surface area (Å²) in [5.74, 6) is 0. The molecule has 0 spiro atoms. The second-order valence-corrected chi connectivity index (χ2v) is 4.43. The minimum Gasteiger partial charge on any atom is -0.331 e. The molecule has 7 heavy (non-hydrogen) atoms. The van der Waals surface area contributed by atoms with E-state index >= 15 is 0 Å². The molecule has 0 aromatic heterocycles. The highest BCUT2D eigenvalue weighted by atomic mass is 31.1. The maximum Gasteiger partial charge on any atom is -0.0106 e. The van der Waals surface area contributed by atoms with E-state index < -0.39 is 0 Å². The zero-order valence-corrected chi connectivity index (χ0v) is 6.63. The minimum atomic E-state index is 0.380. The molecule has 0 fully saturated rings. The van der Waals surface area contributed by atoms with Gasteiger partial charge in [0.05, 0.1) is 0 Å². The molecule has 0 rings (SSSR count). The largest absolute Gasteiger partial charge is 0.331 e. The van der Waals surface area contributed by atoms with Gasteiger partial charge < -0.3 is 5.73 Å². The zero-order chi connectivity index (χ0) is 6.28. The Labute approximate surface area is 48.0 Å². The maximum atomic E-state index is 4.85. The fourth-order valence-corrected chi connectivity index (χ4v) is 0. The summed E-state index contributed by atoms with van der Waals surface area (Å²) in [6.07, 6.45) is 0. The van der Waals surface area contributed by atoms with Crippen molar-refractivity contribution >= 4 is 7.92 Å². The van der Waals surface area contributed by atoms with E-state index in [4.69, 9.17) is 5.73 Å². The molecule has 46 valence electrons. The van der Waals surface area contributed by atoms with Crippen LogP contribution < -0.4 is 5.73 Å². The average molecular weight is 121 g/mol. The smallest absolute Gasteiger partial charge is 0.0106 e. The van der Waals surface area contributed by atoms with Crippen molar-refractivity contribution in [2.75, 3.05) is 26.5 Å². The molecule has 0 amide bonds. The van der Waals surface area contributed by atoms with E-state index in [0.29, 0.717) is 7.92 Å². The van der Waals surface area contributed by atoms with Crippen LogP contribution in [0.15, 0.2) is 0 Å². The van der Waals surface area contributed by atoms with E-state index in [0.717, 1.165) is 6.54 Å². The van der Waals surface area contributed by atoms with Crippen LogP contribution in [0.2, 0.25) is 0 Å². The molecule has 2 heteroatoms. The van der Waals surface area contributed by atoms with Gasteiger partial charge in [-0.2, -0.15) is 0 Å². The van der Waals surface area contributed by atoms with Gasteiger partial charge in [0, 0.05) is 0 Å². The molecule has 0 aliphatic heterocycles. The van der Waals surface area contributed by atoms with Gasteiger partial charge >= 0.3 is 0 Å². The van der Waals surface area contributed by atoms with E-state index in [1.807, 2.05) is 6.92 Å². The van der Waals surface area contributed by atoms with Crippen LogP contribution in [0.25, 0.3) is 0 Å². The van der Waals surface area contributed by atoms with Gasteiger partial charge in [-0.15, -0.1) is 7.92 Å². The Morgan fingerprint density at radius 2 is 1.29 bits per heavy atom. The Morgan fingerprint density at radius 3 is 1.29 bits per heavy atom. The van der Waals surface area contributed by atoms with Crippen molar-refractivity contribution in [2.45, 2.75) is 6.92 Å². The quantitative estimate of drug-likeness (QED) is 0.480. The highest BCUT2D eigenvalue weighted by Gasteiger charge is 1.65. The van der Waals surface area contributed by atoms with Gasteiger partial charge in [-0.25, -0.2) is 0 Å². The molecule has 0 heterocycles. The summed E-state index contributed by atoms with van der Waals surface area (Å²) in [7, 11) is 0.380. The molecular weight excluding hydrogens is 105 g/mol. The van der Waals surface area contributed by atoms with E-state index in [-0.39, 0.29) is 0 Å². The predicted octanol–water partition coefficient (Wildman–Crippen LogP) is 1.32. The van der Waals surface area contributed by atoms with Gasteiger partial charge in [0.15, 0.2) is 0 Å². The molecule has 0 bridgehead atoms. The van der Waals surface area contributed by atoms with E-state index in [2.05, 4.69) is 20.0 Å². The molecule has 0 unspecified atom stereocenters. The lowest BCUT2D eigenvalue weighted by atomic mass is 10.8. The monoisotopic (exact) mass is 121 g/mol. The third kappa shape index (κ3) is 810.